The number of benzene rings is 2. The molecule has 3 rings (SSSR count). The molecular weight excluding hydrogens is 402 g/mol. The highest BCUT2D eigenvalue weighted by Crippen LogP contribution is 2.41. The van der Waals surface area contributed by atoms with Gasteiger partial charge in [0.25, 0.3) is 0 Å². The molecule has 0 saturated heterocycles. The summed E-state index contributed by atoms with van der Waals surface area (Å²) in [6.45, 7) is 5.60. The summed E-state index contributed by atoms with van der Waals surface area (Å²) in [6.07, 6.45) is 0.586. The van der Waals surface area contributed by atoms with E-state index in [0.717, 1.165) is 26.9 Å². The van der Waals surface area contributed by atoms with Crippen LogP contribution >= 0.6 is 15.9 Å². The number of hydrogen-bond acceptors (Lipinski definition) is 3. The standard InChI is InChI=1S/C19H22BrNO3S/c1-4-25(22,23)21-17-12-19(2,3)24-18-10-7-14(11-16(17)18)13-5-8-15(20)9-6-13/h5-11,17,21H,4,12H2,1-3H3. The van der Waals surface area contributed by atoms with Crippen LogP contribution in [0.4, 0.5) is 0 Å². The fourth-order valence-corrected chi connectivity index (χ4v) is 4.16. The van der Waals surface area contributed by atoms with Gasteiger partial charge in [0.1, 0.15) is 11.4 Å². The summed E-state index contributed by atoms with van der Waals surface area (Å²) in [4.78, 5) is 0. The Morgan fingerprint density at radius 2 is 1.80 bits per heavy atom. The summed E-state index contributed by atoms with van der Waals surface area (Å²) >= 11 is 3.44. The SMILES string of the molecule is CCS(=O)(=O)NC1CC(C)(C)Oc2ccc(-c3ccc(Br)cc3)cc21. The van der Waals surface area contributed by atoms with Crippen LogP contribution in [0, 0.1) is 0 Å². The number of rotatable bonds is 4. The zero-order valence-electron chi connectivity index (χ0n) is 14.5. The smallest absolute Gasteiger partial charge is 0.211 e. The highest BCUT2D eigenvalue weighted by Gasteiger charge is 2.35. The Balaban J connectivity index is 2.03. The van der Waals surface area contributed by atoms with E-state index in [4.69, 9.17) is 4.74 Å². The second-order valence-electron chi connectivity index (χ2n) is 6.90. The minimum absolute atomic E-state index is 0.0620. The first kappa shape index (κ1) is 18.4. The van der Waals surface area contributed by atoms with Crippen LogP contribution in [0.15, 0.2) is 46.9 Å². The van der Waals surface area contributed by atoms with Crippen molar-refractivity contribution in [1.82, 2.24) is 4.72 Å². The van der Waals surface area contributed by atoms with Crippen molar-refractivity contribution in [2.45, 2.75) is 38.8 Å². The molecular formula is C19H22BrNO3S. The Morgan fingerprint density at radius 3 is 2.44 bits per heavy atom. The number of nitrogens with one attached hydrogen (secondary N) is 1. The van der Waals surface area contributed by atoms with Gasteiger partial charge < -0.3 is 4.74 Å². The van der Waals surface area contributed by atoms with E-state index in [2.05, 4.69) is 20.7 Å². The summed E-state index contributed by atoms with van der Waals surface area (Å²) in [6, 6.07) is 13.7. The molecule has 1 N–H and O–H groups in total. The molecule has 1 heterocycles. The second-order valence-corrected chi connectivity index (χ2v) is 9.86. The van der Waals surface area contributed by atoms with Gasteiger partial charge in [-0.05, 0) is 56.2 Å². The maximum absolute atomic E-state index is 12.1. The molecule has 25 heavy (non-hydrogen) atoms. The summed E-state index contributed by atoms with van der Waals surface area (Å²) in [5.41, 5.74) is 2.58. The molecule has 2 aromatic rings. The zero-order chi connectivity index (χ0) is 18.2. The van der Waals surface area contributed by atoms with Crippen molar-refractivity contribution in [2.24, 2.45) is 0 Å². The highest BCUT2D eigenvalue weighted by molar-refractivity contribution is 9.10. The lowest BCUT2D eigenvalue weighted by atomic mass is 9.88. The van der Waals surface area contributed by atoms with Crippen LogP contribution in [0.3, 0.4) is 0 Å². The quantitative estimate of drug-likeness (QED) is 0.777. The van der Waals surface area contributed by atoms with Gasteiger partial charge in [-0.1, -0.05) is 34.1 Å². The third-order valence-corrected chi connectivity index (χ3v) is 6.28. The van der Waals surface area contributed by atoms with Crippen molar-refractivity contribution in [3.8, 4) is 16.9 Å². The van der Waals surface area contributed by atoms with Crippen molar-refractivity contribution in [1.29, 1.82) is 0 Å². The van der Waals surface area contributed by atoms with Gasteiger partial charge in [-0.2, -0.15) is 0 Å². The minimum atomic E-state index is -3.31. The molecule has 1 aliphatic heterocycles. The van der Waals surface area contributed by atoms with Crippen LogP contribution in [0.5, 0.6) is 5.75 Å². The molecule has 1 unspecified atom stereocenters. The molecule has 1 aliphatic rings. The van der Waals surface area contributed by atoms with E-state index in [9.17, 15) is 8.42 Å². The average Bonchev–Trinajstić information content (AvgIpc) is 2.54. The van der Waals surface area contributed by atoms with Gasteiger partial charge in [0.15, 0.2) is 0 Å². The first-order valence-electron chi connectivity index (χ1n) is 8.28. The minimum Gasteiger partial charge on any atom is -0.487 e. The number of ether oxygens (including phenoxy) is 1. The Labute approximate surface area is 157 Å². The number of halogens is 1. The Kier molecular flexibility index (Phi) is 4.97. The van der Waals surface area contributed by atoms with E-state index in [1.165, 1.54) is 0 Å². The summed E-state index contributed by atoms with van der Waals surface area (Å²) in [5.74, 6) is 0.799. The third kappa shape index (κ3) is 4.25. The molecule has 0 aliphatic carbocycles. The molecule has 0 amide bonds. The molecule has 0 bridgehead atoms. The molecule has 1 atom stereocenters. The first-order valence-corrected chi connectivity index (χ1v) is 10.7. The Morgan fingerprint density at radius 1 is 1.16 bits per heavy atom. The Bertz CT molecular complexity index is 876. The highest BCUT2D eigenvalue weighted by atomic mass is 79.9. The van der Waals surface area contributed by atoms with Gasteiger partial charge in [-0.15, -0.1) is 0 Å². The number of sulfonamides is 1. The summed E-state index contributed by atoms with van der Waals surface area (Å²) in [7, 11) is -3.31. The average molecular weight is 424 g/mol. The molecule has 4 nitrogen and oxygen atoms in total. The second kappa shape index (κ2) is 6.74. The van der Waals surface area contributed by atoms with Crippen LogP contribution in [0.25, 0.3) is 11.1 Å². The van der Waals surface area contributed by atoms with Crippen LogP contribution in [-0.4, -0.2) is 19.8 Å². The van der Waals surface area contributed by atoms with E-state index in [1.807, 2.05) is 56.3 Å². The zero-order valence-corrected chi connectivity index (χ0v) is 16.9. The lowest BCUT2D eigenvalue weighted by Gasteiger charge is -2.38. The molecule has 134 valence electrons. The fraction of sp³-hybridized carbons (Fsp3) is 0.368. The predicted molar refractivity (Wildman–Crippen MR) is 104 cm³/mol. The topological polar surface area (TPSA) is 55.4 Å². The first-order chi connectivity index (χ1) is 11.7. The van der Waals surface area contributed by atoms with Gasteiger partial charge in [-0.3, -0.25) is 0 Å². The van der Waals surface area contributed by atoms with Crippen LogP contribution in [0.2, 0.25) is 0 Å². The Hall–Kier alpha value is -1.37. The maximum atomic E-state index is 12.1. The molecule has 0 radical (unpaired) electrons. The van der Waals surface area contributed by atoms with Crippen molar-refractivity contribution in [3.63, 3.8) is 0 Å². The molecule has 0 saturated carbocycles. The normalized spacial score (nSPS) is 19.1. The van der Waals surface area contributed by atoms with E-state index in [-0.39, 0.29) is 11.8 Å². The molecule has 0 aromatic heterocycles. The molecule has 0 fully saturated rings. The largest absolute Gasteiger partial charge is 0.487 e. The van der Waals surface area contributed by atoms with Crippen LogP contribution in [0.1, 0.15) is 38.8 Å². The summed E-state index contributed by atoms with van der Waals surface area (Å²) < 4.78 is 34.2. The number of fused-ring (bicyclic) bond motifs is 1. The molecule has 0 spiro atoms. The van der Waals surface area contributed by atoms with Gasteiger partial charge >= 0.3 is 0 Å². The van der Waals surface area contributed by atoms with E-state index in [0.29, 0.717) is 6.42 Å². The monoisotopic (exact) mass is 423 g/mol. The maximum Gasteiger partial charge on any atom is 0.211 e. The summed E-state index contributed by atoms with van der Waals surface area (Å²) in [5, 5.41) is 0. The van der Waals surface area contributed by atoms with Crippen LogP contribution < -0.4 is 9.46 Å². The van der Waals surface area contributed by atoms with Crippen molar-refractivity contribution < 1.29 is 13.2 Å². The van der Waals surface area contributed by atoms with Gasteiger partial charge in [0, 0.05) is 16.5 Å². The third-order valence-electron chi connectivity index (χ3n) is 4.35. The lowest BCUT2D eigenvalue weighted by Crippen LogP contribution is -2.41. The van der Waals surface area contributed by atoms with Crippen molar-refractivity contribution in [3.05, 3.63) is 52.5 Å². The van der Waals surface area contributed by atoms with Gasteiger partial charge in [-0.25, -0.2) is 13.1 Å². The van der Waals surface area contributed by atoms with E-state index < -0.39 is 15.6 Å². The van der Waals surface area contributed by atoms with Gasteiger partial charge in [0.2, 0.25) is 10.0 Å². The molecule has 6 heteroatoms. The lowest BCUT2D eigenvalue weighted by molar-refractivity contribution is 0.0702. The number of hydrogen-bond donors (Lipinski definition) is 1. The van der Waals surface area contributed by atoms with Crippen molar-refractivity contribution >= 4 is 26.0 Å². The molecule has 2 aromatic carbocycles. The van der Waals surface area contributed by atoms with Gasteiger partial charge in [0.05, 0.1) is 11.8 Å². The van der Waals surface area contributed by atoms with E-state index >= 15 is 0 Å². The van der Waals surface area contributed by atoms with Crippen molar-refractivity contribution in [2.75, 3.05) is 5.75 Å². The van der Waals surface area contributed by atoms with E-state index in [1.54, 1.807) is 6.92 Å². The van der Waals surface area contributed by atoms with Crippen LogP contribution in [-0.2, 0) is 10.0 Å². The fourth-order valence-electron chi connectivity index (χ4n) is 3.08. The predicted octanol–water partition coefficient (Wildman–Crippen LogP) is 4.66.